The van der Waals surface area contributed by atoms with Crippen LogP contribution < -0.4 is 15.4 Å². The molecule has 1 aliphatic heterocycles. The number of hydrogen-bond donors (Lipinski definition) is 2. The first-order valence-corrected chi connectivity index (χ1v) is 9.35. The van der Waals surface area contributed by atoms with Crippen molar-refractivity contribution in [1.82, 2.24) is 10.3 Å². The molecule has 26 heavy (non-hydrogen) atoms. The third kappa shape index (κ3) is 3.38. The van der Waals surface area contributed by atoms with E-state index >= 15 is 0 Å². The fraction of sp³-hybridized carbons (Fsp3) is 0.158. The summed E-state index contributed by atoms with van der Waals surface area (Å²) in [5.74, 6) is 0.647. The Balaban J connectivity index is 1.46. The van der Waals surface area contributed by atoms with E-state index in [4.69, 9.17) is 16.3 Å². The van der Waals surface area contributed by atoms with Gasteiger partial charge in [-0.05, 0) is 42.8 Å². The SMILES string of the molecule is Cc1cccc2c1C(=O)N[C@@H](c1csc(COc3ccc(Cl)cc3)n1)N2. The molecule has 1 atom stereocenters. The number of rotatable bonds is 4. The van der Waals surface area contributed by atoms with Crippen molar-refractivity contribution in [2.24, 2.45) is 0 Å². The lowest BCUT2D eigenvalue weighted by Gasteiger charge is -2.27. The zero-order valence-corrected chi connectivity index (χ0v) is 15.5. The van der Waals surface area contributed by atoms with Crippen molar-refractivity contribution in [3.8, 4) is 5.75 Å². The molecule has 1 amide bonds. The van der Waals surface area contributed by atoms with Gasteiger partial charge in [-0.2, -0.15) is 0 Å². The molecule has 0 saturated heterocycles. The average Bonchev–Trinajstić information content (AvgIpc) is 3.10. The second-order valence-electron chi connectivity index (χ2n) is 5.96. The van der Waals surface area contributed by atoms with Crippen molar-refractivity contribution in [2.45, 2.75) is 19.7 Å². The Labute approximate surface area is 160 Å². The van der Waals surface area contributed by atoms with Gasteiger partial charge in [0.15, 0.2) is 0 Å². The van der Waals surface area contributed by atoms with Crippen LogP contribution in [-0.2, 0) is 6.61 Å². The van der Waals surface area contributed by atoms with E-state index in [1.807, 2.05) is 42.6 Å². The van der Waals surface area contributed by atoms with E-state index in [1.54, 1.807) is 12.1 Å². The zero-order chi connectivity index (χ0) is 18.1. The number of carbonyl (C=O) groups excluding carboxylic acids is 1. The number of thiazole rings is 1. The molecule has 0 bridgehead atoms. The molecule has 1 aliphatic rings. The predicted molar refractivity (Wildman–Crippen MR) is 103 cm³/mol. The van der Waals surface area contributed by atoms with Gasteiger partial charge in [-0.25, -0.2) is 4.98 Å². The number of anilines is 1. The lowest BCUT2D eigenvalue weighted by atomic mass is 10.0. The highest BCUT2D eigenvalue weighted by atomic mass is 35.5. The third-order valence-electron chi connectivity index (χ3n) is 4.12. The van der Waals surface area contributed by atoms with Crippen LogP contribution in [-0.4, -0.2) is 10.9 Å². The summed E-state index contributed by atoms with van der Waals surface area (Å²) in [6, 6.07) is 13.0. The Kier molecular flexibility index (Phi) is 4.53. The van der Waals surface area contributed by atoms with Crippen molar-refractivity contribution in [1.29, 1.82) is 0 Å². The molecule has 1 aromatic heterocycles. The molecule has 0 unspecified atom stereocenters. The highest BCUT2D eigenvalue weighted by molar-refractivity contribution is 7.09. The van der Waals surface area contributed by atoms with Crippen LogP contribution in [0.5, 0.6) is 5.75 Å². The van der Waals surface area contributed by atoms with Crippen LogP contribution in [0.3, 0.4) is 0 Å². The van der Waals surface area contributed by atoms with E-state index in [0.29, 0.717) is 17.2 Å². The Hall–Kier alpha value is -2.57. The summed E-state index contributed by atoms with van der Waals surface area (Å²) in [6.07, 6.45) is -0.350. The summed E-state index contributed by atoms with van der Waals surface area (Å²) in [5.41, 5.74) is 3.22. The average molecular weight is 386 g/mol. The molecule has 0 saturated carbocycles. The Morgan fingerprint density at radius 3 is 2.81 bits per heavy atom. The minimum Gasteiger partial charge on any atom is -0.486 e. The van der Waals surface area contributed by atoms with Crippen molar-refractivity contribution in [3.63, 3.8) is 0 Å². The van der Waals surface area contributed by atoms with E-state index in [0.717, 1.165) is 27.7 Å². The fourth-order valence-corrected chi connectivity index (χ4v) is 3.69. The van der Waals surface area contributed by atoms with Crippen molar-refractivity contribution in [3.05, 3.63) is 74.7 Å². The lowest BCUT2D eigenvalue weighted by Crippen LogP contribution is -2.39. The van der Waals surface area contributed by atoms with Gasteiger partial charge in [-0.15, -0.1) is 11.3 Å². The summed E-state index contributed by atoms with van der Waals surface area (Å²) in [6.45, 7) is 2.29. The molecule has 0 fully saturated rings. The van der Waals surface area contributed by atoms with E-state index in [9.17, 15) is 4.79 Å². The Bertz CT molecular complexity index is 956. The molecule has 2 heterocycles. The number of aryl methyl sites for hydroxylation is 1. The Morgan fingerprint density at radius 2 is 2.00 bits per heavy atom. The quantitative estimate of drug-likeness (QED) is 0.692. The zero-order valence-electron chi connectivity index (χ0n) is 14.0. The molecule has 5 nitrogen and oxygen atoms in total. The number of carbonyl (C=O) groups is 1. The lowest BCUT2D eigenvalue weighted by molar-refractivity contribution is 0.0934. The number of benzene rings is 2. The second kappa shape index (κ2) is 6.97. The molecular formula is C19H16ClN3O2S. The smallest absolute Gasteiger partial charge is 0.255 e. The highest BCUT2D eigenvalue weighted by Crippen LogP contribution is 2.29. The molecule has 0 aliphatic carbocycles. The minimum atomic E-state index is -0.350. The predicted octanol–water partition coefficient (Wildman–Crippen LogP) is 4.54. The van der Waals surface area contributed by atoms with Crippen LogP contribution in [0.25, 0.3) is 0 Å². The number of hydrogen-bond acceptors (Lipinski definition) is 5. The molecule has 0 radical (unpaired) electrons. The summed E-state index contributed by atoms with van der Waals surface area (Å²) >= 11 is 7.37. The number of halogens is 1. The van der Waals surface area contributed by atoms with Gasteiger partial charge in [0.1, 0.15) is 23.5 Å². The van der Waals surface area contributed by atoms with Gasteiger partial charge in [0.2, 0.25) is 0 Å². The molecule has 3 aromatic rings. The summed E-state index contributed by atoms with van der Waals surface area (Å²) in [7, 11) is 0. The molecular weight excluding hydrogens is 370 g/mol. The topological polar surface area (TPSA) is 63.2 Å². The van der Waals surface area contributed by atoms with E-state index in [1.165, 1.54) is 11.3 Å². The maximum Gasteiger partial charge on any atom is 0.255 e. The van der Waals surface area contributed by atoms with Gasteiger partial charge in [0.05, 0.1) is 11.3 Å². The first-order chi connectivity index (χ1) is 12.6. The van der Waals surface area contributed by atoms with Gasteiger partial charge >= 0.3 is 0 Å². The number of fused-ring (bicyclic) bond motifs is 1. The third-order valence-corrected chi connectivity index (χ3v) is 5.21. The summed E-state index contributed by atoms with van der Waals surface area (Å²) in [5, 5.41) is 9.73. The number of nitrogens with zero attached hydrogens (tertiary/aromatic N) is 1. The molecule has 4 rings (SSSR count). The molecule has 7 heteroatoms. The molecule has 132 valence electrons. The first kappa shape index (κ1) is 16.9. The van der Waals surface area contributed by atoms with Gasteiger partial charge in [-0.1, -0.05) is 23.7 Å². The van der Waals surface area contributed by atoms with E-state index in [2.05, 4.69) is 15.6 Å². The van der Waals surface area contributed by atoms with Crippen LogP contribution in [0.2, 0.25) is 5.02 Å². The number of aromatic nitrogens is 1. The van der Waals surface area contributed by atoms with Gasteiger partial charge in [0.25, 0.3) is 5.91 Å². The summed E-state index contributed by atoms with van der Waals surface area (Å²) < 4.78 is 5.72. The summed E-state index contributed by atoms with van der Waals surface area (Å²) in [4.78, 5) is 17.0. The van der Waals surface area contributed by atoms with Crippen LogP contribution in [0, 0.1) is 6.92 Å². The van der Waals surface area contributed by atoms with Crippen LogP contribution in [0.1, 0.15) is 32.8 Å². The van der Waals surface area contributed by atoms with Gasteiger partial charge in [0, 0.05) is 16.1 Å². The maximum atomic E-state index is 12.4. The van der Waals surface area contributed by atoms with Gasteiger partial charge < -0.3 is 15.4 Å². The monoisotopic (exact) mass is 385 g/mol. The fourth-order valence-electron chi connectivity index (χ4n) is 2.83. The van der Waals surface area contributed by atoms with Crippen molar-refractivity contribution < 1.29 is 9.53 Å². The minimum absolute atomic E-state index is 0.0891. The van der Waals surface area contributed by atoms with Crippen molar-refractivity contribution in [2.75, 3.05) is 5.32 Å². The Morgan fingerprint density at radius 1 is 1.19 bits per heavy atom. The van der Waals surface area contributed by atoms with E-state index in [-0.39, 0.29) is 12.1 Å². The van der Waals surface area contributed by atoms with Crippen LogP contribution >= 0.6 is 22.9 Å². The molecule has 0 spiro atoms. The highest BCUT2D eigenvalue weighted by Gasteiger charge is 2.27. The normalized spacial score (nSPS) is 15.8. The van der Waals surface area contributed by atoms with E-state index < -0.39 is 0 Å². The molecule has 2 aromatic carbocycles. The maximum absolute atomic E-state index is 12.4. The second-order valence-corrected chi connectivity index (χ2v) is 7.34. The number of amides is 1. The largest absolute Gasteiger partial charge is 0.486 e. The van der Waals surface area contributed by atoms with Crippen molar-refractivity contribution >= 4 is 34.5 Å². The van der Waals surface area contributed by atoms with Gasteiger partial charge in [-0.3, -0.25) is 4.79 Å². The standard InChI is InChI=1S/C19H16ClN3O2S/c1-11-3-2-4-14-17(11)19(24)23-18(22-14)15-10-26-16(21-15)9-25-13-7-5-12(20)6-8-13/h2-8,10,18,22H,9H2,1H3,(H,23,24)/t18-/m0/s1. The number of ether oxygens (including phenoxy) is 1. The van der Waals surface area contributed by atoms with Crippen LogP contribution in [0.15, 0.2) is 47.8 Å². The number of nitrogens with one attached hydrogen (secondary N) is 2. The van der Waals surface area contributed by atoms with Crippen LogP contribution in [0.4, 0.5) is 5.69 Å². The molecule has 2 N–H and O–H groups in total. The first-order valence-electron chi connectivity index (χ1n) is 8.10.